The summed E-state index contributed by atoms with van der Waals surface area (Å²) < 4.78 is 16.1. The Bertz CT molecular complexity index is 1240. The number of methoxy groups -OCH3 is 1. The molecule has 2 aromatic heterocycles. The molecule has 0 bridgehead atoms. The van der Waals surface area contributed by atoms with Gasteiger partial charge in [0.05, 0.1) is 13.4 Å². The summed E-state index contributed by atoms with van der Waals surface area (Å²) in [5, 5.41) is 5.63. The molecule has 2 aromatic carbocycles. The number of ether oxygens (including phenoxy) is 2. The second-order valence-electron chi connectivity index (χ2n) is 7.70. The maximum absolute atomic E-state index is 13.0. The summed E-state index contributed by atoms with van der Waals surface area (Å²) in [5.74, 6) is 1.09. The first-order chi connectivity index (χ1) is 17.1. The highest BCUT2D eigenvalue weighted by atomic mass is 16.5. The lowest BCUT2D eigenvalue weighted by Gasteiger charge is -2.18. The molecular formula is C27H25N3O5. The Labute approximate surface area is 202 Å². The summed E-state index contributed by atoms with van der Waals surface area (Å²) in [6.07, 6.45) is 3.38. The van der Waals surface area contributed by atoms with E-state index in [4.69, 9.17) is 13.9 Å². The summed E-state index contributed by atoms with van der Waals surface area (Å²) in [4.78, 5) is 29.8. The Morgan fingerprint density at radius 2 is 1.77 bits per heavy atom. The topological polar surface area (TPSA) is 103 Å². The van der Waals surface area contributed by atoms with Crippen molar-refractivity contribution < 1.29 is 23.5 Å². The monoisotopic (exact) mass is 471 g/mol. The van der Waals surface area contributed by atoms with E-state index in [1.165, 1.54) is 6.26 Å². The molecule has 0 saturated heterocycles. The fourth-order valence-corrected chi connectivity index (χ4v) is 3.37. The minimum absolute atomic E-state index is 0.145. The molecule has 8 heteroatoms. The number of rotatable bonds is 10. The molecular weight excluding hydrogens is 446 g/mol. The number of benzene rings is 2. The number of carbonyl (C=O) groups is 2. The average Bonchev–Trinajstić information content (AvgIpc) is 3.44. The van der Waals surface area contributed by atoms with Gasteiger partial charge in [-0.05, 0) is 35.4 Å². The number of pyridine rings is 1. The van der Waals surface area contributed by atoms with Gasteiger partial charge in [-0.2, -0.15) is 0 Å². The van der Waals surface area contributed by atoms with Crippen LogP contribution in [0.3, 0.4) is 0 Å². The van der Waals surface area contributed by atoms with Crippen LogP contribution in [0, 0.1) is 0 Å². The Morgan fingerprint density at radius 3 is 2.49 bits per heavy atom. The molecule has 0 aliphatic carbocycles. The second-order valence-corrected chi connectivity index (χ2v) is 7.70. The third-order valence-electron chi connectivity index (χ3n) is 5.18. The maximum atomic E-state index is 13.0. The quantitative estimate of drug-likeness (QED) is 0.361. The zero-order chi connectivity index (χ0) is 24.5. The number of nitrogens with one attached hydrogen (secondary N) is 2. The lowest BCUT2D eigenvalue weighted by molar-refractivity contribution is -0.123. The minimum Gasteiger partial charge on any atom is -0.497 e. The Balaban J connectivity index is 1.37. The van der Waals surface area contributed by atoms with Crippen molar-refractivity contribution in [2.75, 3.05) is 7.11 Å². The van der Waals surface area contributed by atoms with E-state index >= 15 is 0 Å². The summed E-state index contributed by atoms with van der Waals surface area (Å²) >= 11 is 0. The van der Waals surface area contributed by atoms with Crippen LogP contribution in [0.4, 0.5) is 0 Å². The molecule has 0 fully saturated rings. The average molecular weight is 472 g/mol. The van der Waals surface area contributed by atoms with Crippen LogP contribution in [0.15, 0.2) is 95.7 Å². The first-order valence-electron chi connectivity index (χ1n) is 11.0. The van der Waals surface area contributed by atoms with Crippen LogP contribution < -0.4 is 20.1 Å². The zero-order valence-electron chi connectivity index (χ0n) is 19.1. The molecule has 4 aromatic rings. The number of furan rings is 1. The molecule has 2 heterocycles. The van der Waals surface area contributed by atoms with E-state index in [0.717, 1.165) is 11.1 Å². The molecule has 1 unspecified atom stereocenters. The Morgan fingerprint density at radius 1 is 0.943 bits per heavy atom. The van der Waals surface area contributed by atoms with Gasteiger partial charge in [0.2, 0.25) is 11.8 Å². The standard InChI is InChI=1S/C27H25N3O5/c1-33-21-9-5-10-22(16-21)35-25-13-12-20(17-28-25)18-29-26(31)23(15-19-7-3-2-4-8-19)30-27(32)24-11-6-14-34-24/h2-14,16-17,23H,15,18H2,1H3,(H,29,31)(H,30,32). The van der Waals surface area contributed by atoms with Crippen molar-refractivity contribution in [3.8, 4) is 17.4 Å². The molecule has 0 spiro atoms. The van der Waals surface area contributed by atoms with Crippen molar-refractivity contribution in [3.05, 3.63) is 108 Å². The van der Waals surface area contributed by atoms with E-state index in [0.29, 0.717) is 23.8 Å². The molecule has 1 atom stereocenters. The molecule has 0 radical (unpaired) electrons. The Hall–Kier alpha value is -4.59. The molecule has 0 saturated carbocycles. The number of aromatic nitrogens is 1. The normalized spacial score (nSPS) is 11.3. The van der Waals surface area contributed by atoms with E-state index in [-0.39, 0.29) is 18.2 Å². The van der Waals surface area contributed by atoms with E-state index in [9.17, 15) is 9.59 Å². The van der Waals surface area contributed by atoms with Crippen molar-refractivity contribution in [2.24, 2.45) is 0 Å². The number of amides is 2. The Kier molecular flexibility index (Phi) is 7.75. The third-order valence-corrected chi connectivity index (χ3v) is 5.18. The molecule has 35 heavy (non-hydrogen) atoms. The predicted octanol–water partition coefficient (Wildman–Crippen LogP) is 4.13. The van der Waals surface area contributed by atoms with Gasteiger partial charge in [-0.3, -0.25) is 9.59 Å². The van der Waals surface area contributed by atoms with Gasteiger partial charge in [0, 0.05) is 31.3 Å². The lowest BCUT2D eigenvalue weighted by Crippen LogP contribution is -2.47. The van der Waals surface area contributed by atoms with E-state index in [1.807, 2.05) is 54.6 Å². The van der Waals surface area contributed by atoms with Gasteiger partial charge >= 0.3 is 0 Å². The number of nitrogens with zero attached hydrogens (tertiary/aromatic N) is 1. The van der Waals surface area contributed by atoms with E-state index in [2.05, 4.69) is 15.6 Å². The molecule has 2 N–H and O–H groups in total. The summed E-state index contributed by atoms with van der Waals surface area (Å²) in [7, 11) is 1.59. The maximum Gasteiger partial charge on any atom is 0.287 e. The molecule has 4 rings (SSSR count). The van der Waals surface area contributed by atoms with Crippen molar-refractivity contribution in [1.29, 1.82) is 0 Å². The van der Waals surface area contributed by atoms with Crippen LogP contribution in [-0.2, 0) is 17.8 Å². The largest absolute Gasteiger partial charge is 0.497 e. The lowest BCUT2D eigenvalue weighted by atomic mass is 10.0. The fourth-order valence-electron chi connectivity index (χ4n) is 3.37. The minimum atomic E-state index is -0.779. The third kappa shape index (κ3) is 6.70. The summed E-state index contributed by atoms with van der Waals surface area (Å²) in [6.45, 7) is 0.243. The van der Waals surface area contributed by atoms with Gasteiger partial charge in [-0.1, -0.05) is 42.5 Å². The van der Waals surface area contributed by atoms with Crippen LogP contribution in [0.2, 0.25) is 0 Å². The van der Waals surface area contributed by atoms with Crippen molar-refractivity contribution in [3.63, 3.8) is 0 Å². The van der Waals surface area contributed by atoms with Gasteiger partial charge in [-0.25, -0.2) is 4.98 Å². The first-order valence-corrected chi connectivity index (χ1v) is 11.0. The van der Waals surface area contributed by atoms with Crippen molar-refractivity contribution in [1.82, 2.24) is 15.6 Å². The molecule has 2 amide bonds. The van der Waals surface area contributed by atoms with Crippen LogP contribution in [0.25, 0.3) is 0 Å². The van der Waals surface area contributed by atoms with Crippen molar-refractivity contribution >= 4 is 11.8 Å². The van der Waals surface area contributed by atoms with Gasteiger partial charge in [0.1, 0.15) is 17.5 Å². The SMILES string of the molecule is COc1cccc(Oc2ccc(CNC(=O)C(Cc3ccccc3)NC(=O)c3ccco3)cn2)c1. The highest BCUT2D eigenvalue weighted by Crippen LogP contribution is 2.23. The number of hydrogen-bond acceptors (Lipinski definition) is 6. The van der Waals surface area contributed by atoms with Crippen LogP contribution >= 0.6 is 0 Å². The molecule has 178 valence electrons. The van der Waals surface area contributed by atoms with Crippen LogP contribution in [0.5, 0.6) is 17.4 Å². The van der Waals surface area contributed by atoms with E-state index in [1.54, 1.807) is 37.6 Å². The van der Waals surface area contributed by atoms with Gasteiger partial charge in [-0.15, -0.1) is 0 Å². The van der Waals surface area contributed by atoms with Gasteiger partial charge < -0.3 is 24.5 Å². The zero-order valence-corrected chi connectivity index (χ0v) is 19.1. The van der Waals surface area contributed by atoms with Gasteiger partial charge in [0.25, 0.3) is 5.91 Å². The number of hydrogen-bond donors (Lipinski definition) is 2. The summed E-state index contributed by atoms with van der Waals surface area (Å²) in [6, 6.07) is 22.6. The molecule has 0 aliphatic heterocycles. The highest BCUT2D eigenvalue weighted by molar-refractivity contribution is 5.95. The van der Waals surface area contributed by atoms with E-state index < -0.39 is 11.9 Å². The van der Waals surface area contributed by atoms with Crippen LogP contribution in [0.1, 0.15) is 21.7 Å². The molecule has 0 aliphatic rings. The predicted molar refractivity (Wildman–Crippen MR) is 129 cm³/mol. The van der Waals surface area contributed by atoms with Crippen molar-refractivity contribution in [2.45, 2.75) is 19.0 Å². The summed E-state index contributed by atoms with van der Waals surface area (Å²) in [5.41, 5.74) is 1.71. The molecule has 8 nitrogen and oxygen atoms in total. The highest BCUT2D eigenvalue weighted by Gasteiger charge is 2.23. The van der Waals surface area contributed by atoms with Crippen LogP contribution in [-0.4, -0.2) is 29.9 Å². The second kappa shape index (κ2) is 11.5. The smallest absolute Gasteiger partial charge is 0.287 e. The fraction of sp³-hybridized carbons (Fsp3) is 0.148. The number of carbonyl (C=O) groups excluding carboxylic acids is 2. The first kappa shape index (κ1) is 23.6. The van der Waals surface area contributed by atoms with Gasteiger partial charge in [0.15, 0.2) is 5.76 Å².